The van der Waals surface area contributed by atoms with Crippen molar-refractivity contribution in [3.63, 3.8) is 0 Å². The van der Waals surface area contributed by atoms with Crippen LogP contribution in [0.1, 0.15) is 52.1 Å². The Hall–Kier alpha value is -2.57. The van der Waals surface area contributed by atoms with E-state index in [0.29, 0.717) is 13.1 Å². The Kier molecular flexibility index (Phi) is 6.66. The summed E-state index contributed by atoms with van der Waals surface area (Å²) in [6.07, 6.45) is -5.01. The zero-order valence-corrected chi connectivity index (χ0v) is 20.3. The van der Waals surface area contributed by atoms with Crippen molar-refractivity contribution in [2.75, 3.05) is 18.4 Å². The predicted octanol–water partition coefficient (Wildman–Crippen LogP) is 5.24. The first kappa shape index (κ1) is 25.5. The highest BCUT2D eigenvalue weighted by molar-refractivity contribution is 7.13. The second kappa shape index (κ2) is 9.14. The highest BCUT2D eigenvalue weighted by Gasteiger charge is 2.38. The molecule has 1 aliphatic carbocycles. The van der Waals surface area contributed by atoms with Crippen LogP contribution in [0, 0.1) is 5.41 Å². The van der Waals surface area contributed by atoms with Gasteiger partial charge in [0.2, 0.25) is 17.7 Å². The van der Waals surface area contributed by atoms with Crippen LogP contribution < -0.4 is 10.1 Å². The third-order valence-electron chi connectivity index (χ3n) is 5.82. The molecule has 3 heterocycles. The molecule has 1 saturated heterocycles. The molecule has 13 heteroatoms. The zero-order valence-electron chi connectivity index (χ0n) is 19.5. The Morgan fingerprint density at radius 3 is 2.37 bits per heavy atom. The quantitative estimate of drug-likeness (QED) is 0.544. The van der Waals surface area contributed by atoms with Crippen molar-refractivity contribution < 1.29 is 31.5 Å². The van der Waals surface area contributed by atoms with Gasteiger partial charge in [-0.25, -0.2) is 18.7 Å². The van der Waals surface area contributed by atoms with E-state index in [1.54, 1.807) is 4.90 Å². The van der Waals surface area contributed by atoms with Crippen molar-refractivity contribution in [2.24, 2.45) is 5.41 Å². The number of thiazole rings is 1. The van der Waals surface area contributed by atoms with Crippen LogP contribution >= 0.6 is 11.3 Å². The van der Waals surface area contributed by atoms with Gasteiger partial charge in [0.1, 0.15) is 11.9 Å². The molecule has 2 aromatic rings. The smallest absolute Gasteiger partial charge is 0.434 e. The van der Waals surface area contributed by atoms with Gasteiger partial charge >= 0.3 is 6.18 Å². The summed E-state index contributed by atoms with van der Waals surface area (Å²) in [7, 11) is 0. The van der Waals surface area contributed by atoms with E-state index in [4.69, 9.17) is 4.74 Å². The molecule has 0 spiro atoms. The van der Waals surface area contributed by atoms with Crippen molar-refractivity contribution in [2.45, 2.75) is 70.7 Å². The molecule has 7 nitrogen and oxygen atoms in total. The molecule has 0 atom stereocenters. The number of carbonyl (C=O) groups excluding carboxylic acids is 1. The fourth-order valence-electron chi connectivity index (χ4n) is 3.88. The maximum Gasteiger partial charge on any atom is 0.434 e. The lowest BCUT2D eigenvalue weighted by molar-refractivity contribution is -0.148. The number of hydrogen-bond acceptors (Lipinski definition) is 7. The Bertz CT molecular complexity index is 1070. The summed E-state index contributed by atoms with van der Waals surface area (Å²) >= 11 is 0.747. The number of alkyl halides is 5. The van der Waals surface area contributed by atoms with Gasteiger partial charge in [0.15, 0.2) is 16.5 Å². The first-order valence-corrected chi connectivity index (χ1v) is 12.1. The number of carbonyl (C=O) groups is 1. The van der Waals surface area contributed by atoms with Crippen LogP contribution in [0.15, 0.2) is 11.4 Å². The standard InChI is InChI=1S/C22H26F5N5O2S/c1-20(2,3)19(33)32-9-13(10-32)34-16-8-15(28-12-4-6-21(23,24)7-5-12)30-17(31-16)18-29-14(11-35-18)22(25,26)27/h8,11-13H,4-7,9-10H2,1-3H3,(H,28,30,31). The van der Waals surface area contributed by atoms with Crippen LogP contribution in [0.2, 0.25) is 0 Å². The monoisotopic (exact) mass is 519 g/mol. The normalized spacial score (nSPS) is 19.4. The fraction of sp³-hybridized carbons (Fsp3) is 0.636. The highest BCUT2D eigenvalue weighted by Crippen LogP contribution is 2.36. The number of nitrogens with one attached hydrogen (secondary N) is 1. The molecule has 1 aliphatic heterocycles. The number of rotatable bonds is 5. The molecule has 2 aliphatic rings. The van der Waals surface area contributed by atoms with Crippen LogP contribution in [0.25, 0.3) is 10.8 Å². The Morgan fingerprint density at radius 2 is 1.80 bits per heavy atom. The minimum absolute atomic E-state index is 0.0142. The molecule has 0 unspecified atom stereocenters. The minimum Gasteiger partial charge on any atom is -0.470 e. The lowest BCUT2D eigenvalue weighted by atomic mass is 9.92. The molecular weight excluding hydrogens is 493 g/mol. The number of hydrogen-bond donors (Lipinski definition) is 1. The molecule has 192 valence electrons. The summed E-state index contributed by atoms with van der Waals surface area (Å²) in [6, 6.07) is 1.22. The van der Waals surface area contributed by atoms with E-state index in [2.05, 4.69) is 20.3 Å². The Balaban J connectivity index is 1.53. The lowest BCUT2D eigenvalue weighted by Gasteiger charge is -2.41. The first-order chi connectivity index (χ1) is 16.2. The zero-order chi connectivity index (χ0) is 25.6. The van der Waals surface area contributed by atoms with E-state index in [1.165, 1.54) is 6.07 Å². The molecule has 4 rings (SSSR count). The summed E-state index contributed by atoms with van der Waals surface area (Å²) in [4.78, 5) is 26.2. The summed E-state index contributed by atoms with van der Waals surface area (Å²) < 4.78 is 72.0. The van der Waals surface area contributed by atoms with Gasteiger partial charge in [0.05, 0.1) is 13.1 Å². The van der Waals surface area contributed by atoms with Gasteiger partial charge in [-0.15, -0.1) is 11.3 Å². The molecule has 0 bridgehead atoms. The fourth-order valence-corrected chi connectivity index (χ4v) is 4.64. The Morgan fingerprint density at radius 1 is 1.14 bits per heavy atom. The predicted molar refractivity (Wildman–Crippen MR) is 119 cm³/mol. The number of nitrogens with zero attached hydrogens (tertiary/aromatic N) is 4. The number of anilines is 1. The largest absolute Gasteiger partial charge is 0.470 e. The number of ether oxygens (including phenoxy) is 1. The van der Waals surface area contributed by atoms with Crippen LogP contribution in [0.4, 0.5) is 27.8 Å². The van der Waals surface area contributed by atoms with Gasteiger partial charge in [0.25, 0.3) is 0 Å². The van der Waals surface area contributed by atoms with E-state index in [1.807, 2.05) is 20.8 Å². The molecule has 35 heavy (non-hydrogen) atoms. The molecule has 2 aromatic heterocycles. The van der Waals surface area contributed by atoms with Gasteiger partial charge in [-0.1, -0.05) is 20.8 Å². The number of amides is 1. The highest BCUT2D eigenvalue weighted by atomic mass is 32.1. The first-order valence-electron chi connectivity index (χ1n) is 11.2. The van der Waals surface area contributed by atoms with Crippen LogP contribution in [0.3, 0.4) is 0 Å². The summed E-state index contributed by atoms with van der Waals surface area (Å²) in [5.74, 6) is -2.41. The molecule has 1 saturated carbocycles. The second-order valence-corrected chi connectivity index (χ2v) is 10.8. The summed E-state index contributed by atoms with van der Waals surface area (Å²) in [5.41, 5.74) is -1.58. The van der Waals surface area contributed by atoms with Gasteiger partial charge in [-0.05, 0) is 12.8 Å². The van der Waals surface area contributed by atoms with Crippen LogP contribution in [-0.4, -0.2) is 56.9 Å². The maximum absolute atomic E-state index is 13.5. The van der Waals surface area contributed by atoms with Crippen molar-refractivity contribution >= 4 is 23.1 Å². The number of halogens is 5. The van der Waals surface area contributed by atoms with Crippen molar-refractivity contribution in [1.29, 1.82) is 0 Å². The minimum atomic E-state index is -4.60. The van der Waals surface area contributed by atoms with Crippen molar-refractivity contribution in [1.82, 2.24) is 19.9 Å². The molecular formula is C22H26F5N5O2S. The van der Waals surface area contributed by atoms with Gasteiger partial charge in [-0.3, -0.25) is 4.79 Å². The molecule has 1 N–H and O–H groups in total. The molecule has 0 aromatic carbocycles. The van der Waals surface area contributed by atoms with E-state index >= 15 is 0 Å². The maximum atomic E-state index is 13.5. The molecule has 2 fully saturated rings. The van der Waals surface area contributed by atoms with Gasteiger partial charge < -0.3 is 15.0 Å². The summed E-state index contributed by atoms with van der Waals surface area (Å²) in [6.45, 7) is 6.17. The summed E-state index contributed by atoms with van der Waals surface area (Å²) in [5, 5.41) is 3.93. The Labute approximate surface area is 203 Å². The van der Waals surface area contributed by atoms with Crippen LogP contribution in [-0.2, 0) is 11.0 Å². The van der Waals surface area contributed by atoms with E-state index in [-0.39, 0.29) is 66.3 Å². The van der Waals surface area contributed by atoms with Gasteiger partial charge in [-0.2, -0.15) is 18.2 Å². The van der Waals surface area contributed by atoms with Crippen molar-refractivity contribution in [3.05, 3.63) is 17.1 Å². The molecule has 1 amide bonds. The van der Waals surface area contributed by atoms with E-state index < -0.39 is 23.2 Å². The lowest BCUT2D eigenvalue weighted by Crippen LogP contribution is -2.58. The average molecular weight is 520 g/mol. The second-order valence-electron chi connectivity index (χ2n) is 9.93. The van der Waals surface area contributed by atoms with Crippen LogP contribution in [0.5, 0.6) is 5.88 Å². The molecule has 0 radical (unpaired) electrons. The third-order valence-corrected chi connectivity index (χ3v) is 6.66. The average Bonchev–Trinajstić information content (AvgIpc) is 3.22. The van der Waals surface area contributed by atoms with Gasteiger partial charge in [0, 0.05) is 35.7 Å². The number of likely N-dealkylation sites (tertiary alicyclic amines) is 1. The third kappa shape index (κ3) is 6.17. The van der Waals surface area contributed by atoms with E-state index in [0.717, 1.165) is 16.7 Å². The number of aromatic nitrogens is 3. The van der Waals surface area contributed by atoms with E-state index in [9.17, 15) is 26.7 Å². The SMILES string of the molecule is CC(C)(C)C(=O)N1CC(Oc2cc(NC3CCC(F)(F)CC3)nc(-c3nc(C(F)(F)F)cs3)n2)C1. The topological polar surface area (TPSA) is 80.2 Å². The van der Waals surface area contributed by atoms with Crippen molar-refractivity contribution in [3.8, 4) is 16.7 Å².